The van der Waals surface area contributed by atoms with Gasteiger partial charge in [0.05, 0.1) is 6.17 Å². The molecule has 94 valence electrons. The fourth-order valence-corrected chi connectivity index (χ4v) is 3.12. The van der Waals surface area contributed by atoms with Crippen LogP contribution in [0.3, 0.4) is 0 Å². The van der Waals surface area contributed by atoms with Crippen LogP contribution in [0.25, 0.3) is 0 Å². The second-order valence-electron chi connectivity index (χ2n) is 5.41. The zero-order chi connectivity index (χ0) is 11.8. The summed E-state index contributed by atoms with van der Waals surface area (Å²) >= 11 is 0. The fourth-order valence-electron chi connectivity index (χ4n) is 3.12. The van der Waals surface area contributed by atoms with Gasteiger partial charge in [0.1, 0.15) is 11.6 Å². The normalized spacial score (nSPS) is 30.2. The number of hydrogen-bond donors (Lipinski definition) is 1. The van der Waals surface area contributed by atoms with Crippen LogP contribution in [0.2, 0.25) is 0 Å². The summed E-state index contributed by atoms with van der Waals surface area (Å²) in [5, 5.41) is 8.73. The number of nitrogens with zero attached hydrogens (tertiary/aromatic N) is 4. The maximum absolute atomic E-state index is 6.20. The van der Waals surface area contributed by atoms with Gasteiger partial charge in [0.15, 0.2) is 0 Å². The molecule has 0 aromatic carbocycles. The monoisotopic (exact) mass is 235 g/mol. The minimum Gasteiger partial charge on any atom is -0.311 e. The van der Waals surface area contributed by atoms with Crippen LogP contribution in [0.15, 0.2) is 0 Å². The minimum atomic E-state index is 0.0935. The zero-order valence-corrected chi connectivity index (χ0v) is 10.5. The van der Waals surface area contributed by atoms with Gasteiger partial charge in [0, 0.05) is 18.9 Å². The van der Waals surface area contributed by atoms with Crippen molar-refractivity contribution in [2.24, 2.45) is 5.73 Å². The highest BCUT2D eigenvalue weighted by atomic mass is 15.3. The van der Waals surface area contributed by atoms with E-state index in [0.29, 0.717) is 5.92 Å². The molecule has 2 aliphatic heterocycles. The number of likely N-dealkylation sites (tertiary alicyclic amines) is 1. The summed E-state index contributed by atoms with van der Waals surface area (Å²) in [4.78, 5) is 2.38. The van der Waals surface area contributed by atoms with Gasteiger partial charge in [-0.15, -0.1) is 10.2 Å². The molecule has 5 heteroatoms. The van der Waals surface area contributed by atoms with Crippen molar-refractivity contribution in [3.05, 3.63) is 11.6 Å². The quantitative estimate of drug-likeness (QED) is 0.785. The second-order valence-corrected chi connectivity index (χ2v) is 5.41. The molecule has 2 aliphatic rings. The Morgan fingerprint density at radius 2 is 2.12 bits per heavy atom. The first-order valence-corrected chi connectivity index (χ1v) is 6.63. The van der Waals surface area contributed by atoms with E-state index in [1.165, 1.54) is 19.4 Å². The Balaban J connectivity index is 1.90. The molecule has 1 fully saturated rings. The molecule has 1 aromatic rings. The summed E-state index contributed by atoms with van der Waals surface area (Å²) in [5.41, 5.74) is 6.20. The molecule has 0 amide bonds. The zero-order valence-electron chi connectivity index (χ0n) is 10.5. The van der Waals surface area contributed by atoms with Crippen molar-refractivity contribution >= 4 is 0 Å². The minimum absolute atomic E-state index is 0.0935. The number of nitrogens with two attached hydrogens (primary N) is 1. The van der Waals surface area contributed by atoms with Crippen LogP contribution in [0.1, 0.15) is 49.4 Å². The lowest BCUT2D eigenvalue weighted by Gasteiger charge is -2.31. The molecule has 3 heterocycles. The molecule has 2 N–H and O–H groups in total. The standard InChI is InChI=1S/C12H21N5/c1-16-7-3-4-9(8-16)12-15-14-11-6-2-5-10(13)17(11)12/h9-10H,2-8,13H2,1H3. The van der Waals surface area contributed by atoms with E-state index in [-0.39, 0.29) is 6.17 Å². The molecule has 1 saturated heterocycles. The van der Waals surface area contributed by atoms with Crippen molar-refractivity contribution in [2.75, 3.05) is 20.1 Å². The van der Waals surface area contributed by atoms with Crippen LogP contribution < -0.4 is 5.73 Å². The van der Waals surface area contributed by atoms with Crippen LogP contribution in [0, 0.1) is 0 Å². The highest BCUT2D eigenvalue weighted by Gasteiger charge is 2.28. The van der Waals surface area contributed by atoms with Crippen molar-refractivity contribution in [3.63, 3.8) is 0 Å². The first-order chi connectivity index (χ1) is 8.25. The number of rotatable bonds is 1. The van der Waals surface area contributed by atoms with Gasteiger partial charge in [0.25, 0.3) is 0 Å². The van der Waals surface area contributed by atoms with Crippen LogP contribution in [0.5, 0.6) is 0 Å². The third-order valence-electron chi connectivity index (χ3n) is 4.01. The molecule has 0 spiro atoms. The third kappa shape index (κ3) is 1.98. The highest BCUT2D eigenvalue weighted by molar-refractivity contribution is 5.07. The van der Waals surface area contributed by atoms with Crippen LogP contribution in [-0.4, -0.2) is 39.8 Å². The maximum Gasteiger partial charge on any atom is 0.138 e. The lowest BCUT2D eigenvalue weighted by atomic mass is 9.97. The molecule has 3 rings (SSSR count). The predicted octanol–water partition coefficient (Wildman–Crippen LogP) is 0.881. The molecular formula is C12H21N5. The maximum atomic E-state index is 6.20. The van der Waals surface area contributed by atoms with E-state index in [0.717, 1.165) is 37.5 Å². The van der Waals surface area contributed by atoms with E-state index >= 15 is 0 Å². The summed E-state index contributed by atoms with van der Waals surface area (Å²) in [6.45, 7) is 2.29. The Hall–Kier alpha value is -0.940. The Bertz CT molecular complexity index is 400. The Labute approximate surface area is 102 Å². The van der Waals surface area contributed by atoms with E-state index < -0.39 is 0 Å². The van der Waals surface area contributed by atoms with Gasteiger partial charge in [-0.25, -0.2) is 0 Å². The molecule has 5 nitrogen and oxygen atoms in total. The van der Waals surface area contributed by atoms with E-state index in [9.17, 15) is 0 Å². The number of likely N-dealkylation sites (N-methyl/N-ethyl adjacent to an activating group) is 1. The van der Waals surface area contributed by atoms with E-state index in [4.69, 9.17) is 5.73 Å². The smallest absolute Gasteiger partial charge is 0.138 e. The lowest BCUT2D eigenvalue weighted by molar-refractivity contribution is 0.238. The largest absolute Gasteiger partial charge is 0.311 e. The van der Waals surface area contributed by atoms with Crippen molar-refractivity contribution in [1.82, 2.24) is 19.7 Å². The summed E-state index contributed by atoms with van der Waals surface area (Å²) in [7, 11) is 2.18. The summed E-state index contributed by atoms with van der Waals surface area (Å²) in [5.74, 6) is 2.73. The summed E-state index contributed by atoms with van der Waals surface area (Å²) < 4.78 is 2.20. The van der Waals surface area contributed by atoms with Crippen LogP contribution in [0.4, 0.5) is 0 Å². The van der Waals surface area contributed by atoms with Gasteiger partial charge in [-0.2, -0.15) is 0 Å². The van der Waals surface area contributed by atoms with Gasteiger partial charge in [0.2, 0.25) is 0 Å². The van der Waals surface area contributed by atoms with Crippen molar-refractivity contribution in [3.8, 4) is 0 Å². The first kappa shape index (κ1) is 11.2. The molecule has 0 bridgehead atoms. The number of piperidine rings is 1. The van der Waals surface area contributed by atoms with Crippen LogP contribution >= 0.6 is 0 Å². The highest BCUT2D eigenvalue weighted by Crippen LogP contribution is 2.29. The van der Waals surface area contributed by atoms with E-state index in [1.54, 1.807) is 0 Å². The number of fused-ring (bicyclic) bond motifs is 1. The lowest BCUT2D eigenvalue weighted by Crippen LogP contribution is -2.34. The van der Waals surface area contributed by atoms with Gasteiger partial charge in [-0.05, 0) is 39.3 Å². The van der Waals surface area contributed by atoms with E-state index in [2.05, 4.69) is 26.7 Å². The van der Waals surface area contributed by atoms with Gasteiger partial charge < -0.3 is 10.6 Å². The molecule has 17 heavy (non-hydrogen) atoms. The first-order valence-electron chi connectivity index (χ1n) is 6.63. The second kappa shape index (κ2) is 4.38. The Morgan fingerprint density at radius 1 is 1.24 bits per heavy atom. The average Bonchev–Trinajstić information content (AvgIpc) is 2.74. The van der Waals surface area contributed by atoms with Crippen LogP contribution in [-0.2, 0) is 6.42 Å². The molecule has 0 aliphatic carbocycles. The molecule has 1 aromatic heterocycles. The molecule has 0 saturated carbocycles. The van der Waals surface area contributed by atoms with Gasteiger partial charge >= 0.3 is 0 Å². The summed E-state index contributed by atoms with van der Waals surface area (Å²) in [6, 6.07) is 0. The average molecular weight is 235 g/mol. The molecule has 2 atom stereocenters. The van der Waals surface area contributed by atoms with Crippen molar-refractivity contribution in [2.45, 2.75) is 44.2 Å². The van der Waals surface area contributed by atoms with Gasteiger partial charge in [-0.3, -0.25) is 4.57 Å². The molecule has 2 unspecified atom stereocenters. The van der Waals surface area contributed by atoms with E-state index in [1.807, 2.05) is 0 Å². The SMILES string of the molecule is CN1CCCC(c2nnc3n2C(N)CCC3)C1. The predicted molar refractivity (Wildman–Crippen MR) is 65.7 cm³/mol. The topological polar surface area (TPSA) is 60.0 Å². The van der Waals surface area contributed by atoms with Crippen molar-refractivity contribution < 1.29 is 0 Å². The fraction of sp³-hybridized carbons (Fsp3) is 0.833. The Morgan fingerprint density at radius 3 is 2.94 bits per heavy atom. The molecule has 0 radical (unpaired) electrons. The number of aromatic nitrogens is 3. The number of aryl methyl sites for hydroxylation is 1. The number of hydrogen-bond acceptors (Lipinski definition) is 4. The Kier molecular flexibility index (Phi) is 2.88. The molecular weight excluding hydrogens is 214 g/mol. The van der Waals surface area contributed by atoms with Crippen molar-refractivity contribution in [1.29, 1.82) is 0 Å². The van der Waals surface area contributed by atoms with Gasteiger partial charge in [-0.1, -0.05) is 0 Å². The summed E-state index contributed by atoms with van der Waals surface area (Å²) in [6.07, 6.45) is 5.79. The third-order valence-corrected chi connectivity index (χ3v) is 4.01.